The van der Waals surface area contributed by atoms with E-state index >= 15 is 0 Å². The van der Waals surface area contributed by atoms with Crippen molar-refractivity contribution in [2.75, 3.05) is 19.6 Å². The molecule has 1 aromatic carbocycles. The molecule has 2 atom stereocenters. The standard InChI is InChI=1S/C19H28FN5/c1-5-22-19(24-18-12-25(13(2)3)11-14(18)4)23-10-16-8-15(9-21)6-7-17(16)20/h6-8,13-14,18H,5,10-12H2,1-4H3,(H2,22,23,24). The first-order valence-corrected chi connectivity index (χ1v) is 8.92. The van der Waals surface area contributed by atoms with Crippen LogP contribution in [0.1, 0.15) is 38.8 Å². The molecule has 1 heterocycles. The molecule has 1 aromatic rings. The van der Waals surface area contributed by atoms with E-state index in [1.54, 1.807) is 6.07 Å². The maximum atomic E-state index is 13.9. The van der Waals surface area contributed by atoms with Crippen molar-refractivity contribution in [3.8, 4) is 6.07 Å². The van der Waals surface area contributed by atoms with E-state index < -0.39 is 0 Å². The summed E-state index contributed by atoms with van der Waals surface area (Å²) < 4.78 is 13.9. The Morgan fingerprint density at radius 2 is 2.20 bits per heavy atom. The molecule has 0 saturated carbocycles. The lowest BCUT2D eigenvalue weighted by molar-refractivity contribution is 0.265. The summed E-state index contributed by atoms with van der Waals surface area (Å²) in [7, 11) is 0. The van der Waals surface area contributed by atoms with Gasteiger partial charge in [-0.05, 0) is 44.9 Å². The van der Waals surface area contributed by atoms with Crippen LogP contribution in [0.5, 0.6) is 0 Å². The SMILES string of the molecule is CCNC(=NCc1cc(C#N)ccc1F)NC1CN(C(C)C)CC1C. The molecule has 25 heavy (non-hydrogen) atoms. The van der Waals surface area contributed by atoms with Crippen LogP contribution < -0.4 is 10.6 Å². The fraction of sp³-hybridized carbons (Fsp3) is 0.579. The Morgan fingerprint density at radius 3 is 2.80 bits per heavy atom. The molecule has 2 unspecified atom stereocenters. The number of guanidine groups is 1. The van der Waals surface area contributed by atoms with E-state index in [9.17, 15) is 4.39 Å². The van der Waals surface area contributed by atoms with Crippen molar-refractivity contribution in [1.82, 2.24) is 15.5 Å². The Morgan fingerprint density at radius 1 is 1.44 bits per heavy atom. The van der Waals surface area contributed by atoms with Gasteiger partial charge in [-0.25, -0.2) is 9.38 Å². The zero-order chi connectivity index (χ0) is 18.4. The van der Waals surface area contributed by atoms with E-state index in [1.165, 1.54) is 12.1 Å². The van der Waals surface area contributed by atoms with Crippen LogP contribution in [0.3, 0.4) is 0 Å². The minimum atomic E-state index is -0.334. The zero-order valence-electron chi connectivity index (χ0n) is 15.5. The highest BCUT2D eigenvalue weighted by atomic mass is 19.1. The van der Waals surface area contributed by atoms with Crippen LogP contribution in [-0.4, -0.2) is 42.6 Å². The predicted octanol–water partition coefficient (Wildman–Crippen LogP) is 2.48. The second kappa shape index (κ2) is 8.82. The topological polar surface area (TPSA) is 63.5 Å². The number of likely N-dealkylation sites (tertiary alicyclic amines) is 1. The summed E-state index contributed by atoms with van der Waals surface area (Å²) in [6, 6.07) is 7.23. The van der Waals surface area contributed by atoms with E-state index in [2.05, 4.69) is 41.3 Å². The molecular formula is C19H28FN5. The first-order valence-electron chi connectivity index (χ1n) is 8.92. The summed E-state index contributed by atoms with van der Waals surface area (Å²) in [5.41, 5.74) is 0.876. The van der Waals surface area contributed by atoms with E-state index in [0.717, 1.165) is 19.6 Å². The largest absolute Gasteiger partial charge is 0.357 e. The molecule has 1 saturated heterocycles. The number of nitriles is 1. The Hall–Kier alpha value is -2.13. The minimum absolute atomic E-state index is 0.200. The van der Waals surface area contributed by atoms with Crippen molar-refractivity contribution in [3.05, 3.63) is 35.1 Å². The molecule has 1 aliphatic rings. The van der Waals surface area contributed by atoms with Crippen molar-refractivity contribution in [3.63, 3.8) is 0 Å². The third kappa shape index (κ3) is 5.17. The van der Waals surface area contributed by atoms with Crippen molar-refractivity contribution >= 4 is 5.96 Å². The van der Waals surface area contributed by atoms with Gasteiger partial charge in [0.25, 0.3) is 0 Å². The smallest absolute Gasteiger partial charge is 0.191 e. The van der Waals surface area contributed by atoms with Gasteiger partial charge in [-0.1, -0.05) is 6.92 Å². The van der Waals surface area contributed by atoms with E-state index in [0.29, 0.717) is 35.1 Å². The average molecular weight is 345 g/mol. The zero-order valence-corrected chi connectivity index (χ0v) is 15.5. The summed E-state index contributed by atoms with van der Waals surface area (Å²) in [6.45, 7) is 11.6. The summed E-state index contributed by atoms with van der Waals surface area (Å²) >= 11 is 0. The van der Waals surface area contributed by atoms with Gasteiger partial charge in [-0.2, -0.15) is 5.26 Å². The fourth-order valence-electron chi connectivity index (χ4n) is 3.04. The molecule has 6 heteroatoms. The van der Waals surface area contributed by atoms with Gasteiger partial charge >= 0.3 is 0 Å². The molecule has 1 fully saturated rings. The van der Waals surface area contributed by atoms with Crippen LogP contribution >= 0.6 is 0 Å². The lowest BCUT2D eigenvalue weighted by Crippen LogP contribution is -2.46. The van der Waals surface area contributed by atoms with Gasteiger partial charge in [-0.3, -0.25) is 4.90 Å². The molecule has 2 N–H and O–H groups in total. The minimum Gasteiger partial charge on any atom is -0.357 e. The molecule has 136 valence electrons. The summed E-state index contributed by atoms with van der Waals surface area (Å²) in [5.74, 6) is 0.871. The lowest BCUT2D eigenvalue weighted by Gasteiger charge is -2.22. The van der Waals surface area contributed by atoms with Gasteiger partial charge in [0.1, 0.15) is 5.82 Å². The van der Waals surface area contributed by atoms with Gasteiger partial charge < -0.3 is 10.6 Å². The second-order valence-electron chi connectivity index (χ2n) is 6.89. The van der Waals surface area contributed by atoms with Crippen molar-refractivity contribution in [2.45, 2.75) is 46.3 Å². The van der Waals surface area contributed by atoms with Crippen molar-refractivity contribution in [2.24, 2.45) is 10.9 Å². The third-order valence-electron chi connectivity index (χ3n) is 4.62. The number of nitrogens with one attached hydrogen (secondary N) is 2. The van der Waals surface area contributed by atoms with Crippen LogP contribution in [0, 0.1) is 23.1 Å². The number of benzene rings is 1. The summed E-state index contributed by atoms with van der Waals surface area (Å²) in [4.78, 5) is 6.96. The first kappa shape index (κ1) is 19.2. The van der Waals surface area contributed by atoms with Crippen LogP contribution in [0.15, 0.2) is 23.2 Å². The van der Waals surface area contributed by atoms with Crippen molar-refractivity contribution in [1.29, 1.82) is 5.26 Å². The maximum Gasteiger partial charge on any atom is 0.191 e. The molecular weight excluding hydrogens is 317 g/mol. The molecule has 0 aliphatic carbocycles. The summed E-state index contributed by atoms with van der Waals surface area (Å²) in [6.07, 6.45) is 0. The molecule has 0 amide bonds. The quantitative estimate of drug-likeness (QED) is 0.636. The van der Waals surface area contributed by atoms with E-state index in [-0.39, 0.29) is 12.4 Å². The number of rotatable bonds is 5. The predicted molar refractivity (Wildman–Crippen MR) is 98.7 cm³/mol. The monoisotopic (exact) mass is 345 g/mol. The average Bonchev–Trinajstić information content (AvgIpc) is 2.95. The van der Waals surface area contributed by atoms with E-state index in [1.807, 2.05) is 13.0 Å². The van der Waals surface area contributed by atoms with Crippen molar-refractivity contribution < 1.29 is 4.39 Å². The van der Waals surface area contributed by atoms with Gasteiger partial charge in [0.05, 0.1) is 18.2 Å². The maximum absolute atomic E-state index is 13.9. The molecule has 5 nitrogen and oxygen atoms in total. The molecule has 2 rings (SSSR count). The van der Waals surface area contributed by atoms with E-state index in [4.69, 9.17) is 5.26 Å². The molecule has 1 aliphatic heterocycles. The highest BCUT2D eigenvalue weighted by Gasteiger charge is 2.31. The Labute approximate surface area is 149 Å². The Balaban J connectivity index is 2.08. The summed E-state index contributed by atoms with van der Waals surface area (Å²) in [5, 5.41) is 15.7. The highest BCUT2D eigenvalue weighted by molar-refractivity contribution is 5.80. The van der Waals surface area contributed by atoms with Gasteiger partial charge in [-0.15, -0.1) is 0 Å². The second-order valence-corrected chi connectivity index (χ2v) is 6.89. The van der Waals surface area contributed by atoms with Gasteiger partial charge in [0, 0.05) is 37.3 Å². The van der Waals surface area contributed by atoms with Crippen LogP contribution in [-0.2, 0) is 6.54 Å². The third-order valence-corrected chi connectivity index (χ3v) is 4.62. The fourth-order valence-corrected chi connectivity index (χ4v) is 3.04. The molecule has 0 radical (unpaired) electrons. The number of hydrogen-bond donors (Lipinski definition) is 2. The first-order chi connectivity index (χ1) is 11.9. The number of nitrogens with zero attached hydrogens (tertiary/aromatic N) is 3. The number of halogens is 1. The normalized spacial score (nSPS) is 21.4. The van der Waals surface area contributed by atoms with Crippen LogP contribution in [0.25, 0.3) is 0 Å². The van der Waals surface area contributed by atoms with Gasteiger partial charge in [0.15, 0.2) is 5.96 Å². The molecule has 0 aromatic heterocycles. The van der Waals surface area contributed by atoms with Crippen LogP contribution in [0.4, 0.5) is 4.39 Å². The molecule has 0 bridgehead atoms. The molecule has 0 spiro atoms. The number of aliphatic imine (C=N–C) groups is 1. The number of hydrogen-bond acceptors (Lipinski definition) is 3. The lowest BCUT2D eigenvalue weighted by atomic mass is 10.1. The highest BCUT2D eigenvalue weighted by Crippen LogP contribution is 2.18. The van der Waals surface area contributed by atoms with Gasteiger partial charge in [0.2, 0.25) is 0 Å². The Kier molecular flexibility index (Phi) is 6.77. The van der Waals surface area contributed by atoms with Crippen LogP contribution in [0.2, 0.25) is 0 Å². The Bertz CT molecular complexity index is 650.